The van der Waals surface area contributed by atoms with Crippen LogP contribution in [0.25, 0.3) is 0 Å². The second kappa shape index (κ2) is 7.95. The number of carbonyl (C=O) groups excluding carboxylic acids is 1. The molecule has 6 heteroatoms. The lowest BCUT2D eigenvalue weighted by molar-refractivity contribution is 0.0933. The fourth-order valence-electron chi connectivity index (χ4n) is 4.18. The number of para-hydroxylation sites is 1. The van der Waals surface area contributed by atoms with Gasteiger partial charge in [0.05, 0.1) is 10.6 Å². The van der Waals surface area contributed by atoms with Crippen LogP contribution in [-0.2, 0) is 16.4 Å². The first-order valence-electron chi connectivity index (χ1n) is 10.1. The molecule has 5 nitrogen and oxygen atoms in total. The number of nitrogens with one attached hydrogen (secondary N) is 1. The molecule has 1 aliphatic heterocycles. The van der Waals surface area contributed by atoms with Crippen LogP contribution < -0.4 is 9.62 Å². The standard InChI is InChI=1S/C22H26N2O3S/c25-22(23-19-10-3-1-2-4-11-19)18-9-7-12-20(16-18)28(26,27)24-15-14-17-8-5-6-13-21(17)24/h5-9,12-13,16,19H,1-4,10-11,14-15H2,(H,23,25). The second-order valence-electron chi connectivity index (χ2n) is 7.65. The Balaban J connectivity index is 1.55. The van der Waals surface area contributed by atoms with E-state index >= 15 is 0 Å². The lowest BCUT2D eigenvalue weighted by Gasteiger charge is -2.20. The van der Waals surface area contributed by atoms with Crippen LogP contribution in [0.3, 0.4) is 0 Å². The summed E-state index contributed by atoms with van der Waals surface area (Å²) in [5, 5.41) is 3.09. The van der Waals surface area contributed by atoms with E-state index in [1.807, 2.05) is 24.3 Å². The van der Waals surface area contributed by atoms with Gasteiger partial charge in [-0.15, -0.1) is 0 Å². The Bertz CT molecular complexity index is 963. The summed E-state index contributed by atoms with van der Waals surface area (Å²) in [5.41, 5.74) is 2.17. The Morgan fingerprint density at radius 2 is 1.71 bits per heavy atom. The molecular weight excluding hydrogens is 372 g/mol. The lowest BCUT2D eigenvalue weighted by Crippen LogP contribution is -2.34. The van der Waals surface area contributed by atoms with E-state index in [9.17, 15) is 13.2 Å². The molecule has 1 N–H and O–H groups in total. The molecular formula is C22H26N2O3S. The number of rotatable bonds is 4. The van der Waals surface area contributed by atoms with Gasteiger partial charge in [-0.05, 0) is 49.1 Å². The largest absolute Gasteiger partial charge is 0.349 e. The van der Waals surface area contributed by atoms with Gasteiger partial charge in [0, 0.05) is 18.2 Å². The van der Waals surface area contributed by atoms with E-state index < -0.39 is 10.0 Å². The summed E-state index contributed by atoms with van der Waals surface area (Å²) in [7, 11) is -3.69. The minimum Gasteiger partial charge on any atom is -0.349 e. The zero-order valence-corrected chi connectivity index (χ0v) is 16.7. The highest BCUT2D eigenvalue weighted by atomic mass is 32.2. The summed E-state index contributed by atoms with van der Waals surface area (Å²) in [6.07, 6.45) is 7.40. The van der Waals surface area contributed by atoms with Gasteiger partial charge in [0.25, 0.3) is 15.9 Å². The van der Waals surface area contributed by atoms with Crippen LogP contribution in [0.4, 0.5) is 5.69 Å². The van der Waals surface area contributed by atoms with Crippen molar-refractivity contribution in [2.75, 3.05) is 10.8 Å². The molecule has 1 aliphatic carbocycles. The first-order valence-corrected chi connectivity index (χ1v) is 11.5. The average molecular weight is 399 g/mol. The lowest BCUT2D eigenvalue weighted by atomic mass is 10.1. The molecule has 1 heterocycles. The van der Waals surface area contributed by atoms with E-state index in [0.29, 0.717) is 18.5 Å². The van der Waals surface area contributed by atoms with Crippen LogP contribution >= 0.6 is 0 Å². The van der Waals surface area contributed by atoms with Crippen LogP contribution in [0.15, 0.2) is 53.4 Å². The molecule has 0 bridgehead atoms. The maximum Gasteiger partial charge on any atom is 0.264 e. The van der Waals surface area contributed by atoms with Gasteiger partial charge in [-0.2, -0.15) is 0 Å². The molecule has 0 saturated heterocycles. The first kappa shape index (κ1) is 19.0. The average Bonchev–Trinajstić information content (AvgIpc) is 2.99. The SMILES string of the molecule is O=C(NC1CCCCCC1)c1cccc(S(=O)(=O)N2CCc3ccccc32)c1. The first-order chi connectivity index (χ1) is 13.6. The molecule has 0 spiro atoms. The van der Waals surface area contributed by atoms with Crippen molar-refractivity contribution in [3.63, 3.8) is 0 Å². The van der Waals surface area contributed by atoms with Gasteiger partial charge in [0.1, 0.15) is 0 Å². The Labute approximate surface area is 166 Å². The number of fused-ring (bicyclic) bond motifs is 1. The van der Waals surface area contributed by atoms with Gasteiger partial charge in [0.15, 0.2) is 0 Å². The number of amides is 1. The fraction of sp³-hybridized carbons (Fsp3) is 0.409. The molecule has 28 heavy (non-hydrogen) atoms. The second-order valence-corrected chi connectivity index (χ2v) is 9.51. The van der Waals surface area contributed by atoms with Crippen LogP contribution in [-0.4, -0.2) is 26.9 Å². The Kier molecular flexibility index (Phi) is 5.40. The normalized spacial score (nSPS) is 17.8. The summed E-state index contributed by atoms with van der Waals surface area (Å²) in [5.74, 6) is -0.189. The van der Waals surface area contributed by atoms with Crippen molar-refractivity contribution in [2.24, 2.45) is 0 Å². The predicted octanol–water partition coefficient (Wildman–Crippen LogP) is 3.89. The maximum atomic E-state index is 13.2. The zero-order chi connectivity index (χ0) is 19.6. The van der Waals surface area contributed by atoms with E-state index in [1.165, 1.54) is 23.2 Å². The third kappa shape index (κ3) is 3.78. The smallest absolute Gasteiger partial charge is 0.264 e. The van der Waals surface area contributed by atoms with E-state index in [0.717, 1.165) is 36.9 Å². The number of hydrogen-bond donors (Lipinski definition) is 1. The topological polar surface area (TPSA) is 66.5 Å². The summed E-state index contributed by atoms with van der Waals surface area (Å²) in [4.78, 5) is 12.9. The number of nitrogens with zero attached hydrogens (tertiary/aromatic N) is 1. The minimum absolute atomic E-state index is 0.165. The number of carbonyl (C=O) groups is 1. The molecule has 2 aliphatic rings. The summed E-state index contributed by atoms with van der Waals surface area (Å²) in [6, 6.07) is 14.2. The minimum atomic E-state index is -3.69. The van der Waals surface area contributed by atoms with Crippen molar-refractivity contribution in [3.05, 3.63) is 59.7 Å². The molecule has 2 aromatic rings. The highest BCUT2D eigenvalue weighted by Gasteiger charge is 2.31. The van der Waals surface area contributed by atoms with Crippen LogP contribution in [0.2, 0.25) is 0 Å². The molecule has 2 aromatic carbocycles. The van der Waals surface area contributed by atoms with Gasteiger partial charge >= 0.3 is 0 Å². The molecule has 0 unspecified atom stereocenters. The molecule has 148 valence electrons. The highest BCUT2D eigenvalue weighted by Crippen LogP contribution is 2.32. The predicted molar refractivity (Wildman–Crippen MR) is 110 cm³/mol. The molecule has 1 amide bonds. The Hall–Kier alpha value is -2.34. The third-order valence-electron chi connectivity index (χ3n) is 5.72. The van der Waals surface area contributed by atoms with Crippen LogP contribution in [0, 0.1) is 0 Å². The van der Waals surface area contributed by atoms with Gasteiger partial charge in [0.2, 0.25) is 0 Å². The van der Waals surface area contributed by atoms with Gasteiger partial charge in [-0.25, -0.2) is 8.42 Å². The fourth-order valence-corrected chi connectivity index (χ4v) is 5.72. The Morgan fingerprint density at radius 1 is 0.964 bits per heavy atom. The van der Waals surface area contributed by atoms with Crippen molar-refractivity contribution in [3.8, 4) is 0 Å². The van der Waals surface area contributed by atoms with Crippen molar-refractivity contribution < 1.29 is 13.2 Å². The van der Waals surface area contributed by atoms with E-state index in [1.54, 1.807) is 18.2 Å². The van der Waals surface area contributed by atoms with Crippen molar-refractivity contribution in [1.29, 1.82) is 0 Å². The van der Waals surface area contributed by atoms with Gasteiger partial charge in [-0.3, -0.25) is 9.10 Å². The zero-order valence-electron chi connectivity index (χ0n) is 15.9. The Morgan fingerprint density at radius 3 is 2.50 bits per heavy atom. The van der Waals surface area contributed by atoms with Crippen molar-refractivity contribution >= 4 is 21.6 Å². The van der Waals surface area contributed by atoms with E-state index in [-0.39, 0.29) is 16.8 Å². The highest BCUT2D eigenvalue weighted by molar-refractivity contribution is 7.92. The summed E-state index contributed by atoms with van der Waals surface area (Å²) < 4.78 is 27.9. The quantitative estimate of drug-likeness (QED) is 0.795. The van der Waals surface area contributed by atoms with Gasteiger partial charge in [-0.1, -0.05) is 49.9 Å². The molecule has 0 aromatic heterocycles. The van der Waals surface area contributed by atoms with Crippen LogP contribution in [0.1, 0.15) is 54.4 Å². The van der Waals surface area contributed by atoms with Crippen molar-refractivity contribution in [2.45, 2.75) is 55.9 Å². The third-order valence-corrected chi connectivity index (χ3v) is 7.53. The molecule has 4 rings (SSSR count). The monoisotopic (exact) mass is 398 g/mol. The number of anilines is 1. The number of benzene rings is 2. The number of hydrogen-bond acceptors (Lipinski definition) is 3. The maximum absolute atomic E-state index is 13.2. The molecule has 1 fully saturated rings. The number of sulfonamides is 1. The van der Waals surface area contributed by atoms with Crippen molar-refractivity contribution in [1.82, 2.24) is 5.32 Å². The molecule has 0 atom stereocenters. The molecule has 0 radical (unpaired) electrons. The van der Waals surface area contributed by atoms with Gasteiger partial charge < -0.3 is 5.32 Å². The van der Waals surface area contributed by atoms with Crippen LogP contribution in [0.5, 0.6) is 0 Å². The van der Waals surface area contributed by atoms with E-state index in [4.69, 9.17) is 0 Å². The summed E-state index contributed by atoms with van der Waals surface area (Å²) >= 11 is 0. The molecule has 1 saturated carbocycles. The summed E-state index contributed by atoms with van der Waals surface area (Å²) in [6.45, 7) is 0.431. The van der Waals surface area contributed by atoms with E-state index in [2.05, 4.69) is 5.32 Å².